The van der Waals surface area contributed by atoms with E-state index in [2.05, 4.69) is 11.9 Å². The van der Waals surface area contributed by atoms with Crippen LogP contribution < -0.4 is 4.74 Å². The monoisotopic (exact) mass is 321 g/mol. The fourth-order valence-electron chi connectivity index (χ4n) is 3.27. The Labute approximate surface area is 138 Å². The number of rotatable bonds is 6. The summed E-state index contributed by atoms with van der Waals surface area (Å²) in [4.78, 5) is 14.1. The molecule has 5 heteroatoms. The van der Waals surface area contributed by atoms with Crippen LogP contribution in [-0.2, 0) is 9.53 Å². The first-order chi connectivity index (χ1) is 11.0. The maximum absolute atomic E-state index is 11.8. The van der Waals surface area contributed by atoms with Crippen molar-refractivity contribution in [2.24, 2.45) is 5.92 Å². The first kappa shape index (κ1) is 17.6. The minimum atomic E-state index is -0.199. The van der Waals surface area contributed by atoms with Crippen LogP contribution >= 0.6 is 0 Å². The molecule has 0 bridgehead atoms. The number of carbonyl (C=O) groups excluding carboxylic acids is 1. The fraction of sp³-hybridized carbons (Fsp3) is 0.611. The van der Waals surface area contributed by atoms with Crippen molar-refractivity contribution in [3.63, 3.8) is 0 Å². The van der Waals surface area contributed by atoms with Gasteiger partial charge in [-0.25, -0.2) is 0 Å². The highest BCUT2D eigenvalue weighted by molar-refractivity contribution is 5.70. The molecule has 0 aromatic heterocycles. The third-order valence-electron chi connectivity index (χ3n) is 4.77. The number of nitrogens with zero attached hydrogens (tertiary/aromatic N) is 1. The van der Waals surface area contributed by atoms with Gasteiger partial charge in [0.1, 0.15) is 0 Å². The Morgan fingerprint density at radius 1 is 1.35 bits per heavy atom. The molecule has 0 aliphatic carbocycles. The number of ether oxygens (including phenoxy) is 2. The number of aromatic hydroxyl groups is 1. The van der Waals surface area contributed by atoms with Gasteiger partial charge in [-0.15, -0.1) is 0 Å². The molecule has 1 saturated heterocycles. The van der Waals surface area contributed by atoms with Gasteiger partial charge in [-0.05, 0) is 68.9 Å². The highest BCUT2D eigenvalue weighted by Crippen LogP contribution is 2.36. The molecule has 1 aromatic rings. The van der Waals surface area contributed by atoms with E-state index in [9.17, 15) is 9.90 Å². The maximum atomic E-state index is 11.8. The number of likely N-dealkylation sites (tertiary alicyclic amines) is 1. The minimum absolute atomic E-state index is 0.0883. The van der Waals surface area contributed by atoms with Crippen LogP contribution in [0, 0.1) is 5.92 Å². The lowest BCUT2D eigenvalue weighted by molar-refractivity contribution is -0.141. The van der Waals surface area contributed by atoms with Gasteiger partial charge >= 0.3 is 5.97 Å². The SMILES string of the molecule is COC(=O)CC(CC1CCN(C)CC1)c1ccc(O)c(OC)c1. The number of piperidine rings is 1. The molecule has 128 valence electrons. The van der Waals surface area contributed by atoms with Crippen molar-refractivity contribution < 1.29 is 19.4 Å². The van der Waals surface area contributed by atoms with Gasteiger partial charge in [-0.1, -0.05) is 6.07 Å². The minimum Gasteiger partial charge on any atom is -0.504 e. The number of carbonyl (C=O) groups is 1. The van der Waals surface area contributed by atoms with Crippen LogP contribution in [-0.4, -0.2) is 50.3 Å². The van der Waals surface area contributed by atoms with E-state index >= 15 is 0 Å². The van der Waals surface area contributed by atoms with E-state index in [-0.39, 0.29) is 17.6 Å². The second kappa shape index (κ2) is 8.20. The zero-order valence-electron chi connectivity index (χ0n) is 14.2. The van der Waals surface area contributed by atoms with Crippen molar-refractivity contribution in [3.05, 3.63) is 23.8 Å². The van der Waals surface area contributed by atoms with E-state index < -0.39 is 0 Å². The molecule has 0 radical (unpaired) electrons. The second-order valence-corrected chi connectivity index (χ2v) is 6.39. The number of phenolic OH excluding ortho intramolecular Hbond substituents is 1. The van der Waals surface area contributed by atoms with Crippen LogP contribution in [0.25, 0.3) is 0 Å². The number of hydrogen-bond donors (Lipinski definition) is 1. The van der Waals surface area contributed by atoms with Gasteiger partial charge < -0.3 is 19.5 Å². The normalized spacial score (nSPS) is 17.7. The first-order valence-electron chi connectivity index (χ1n) is 8.15. The molecule has 1 aromatic carbocycles. The van der Waals surface area contributed by atoms with E-state index in [1.54, 1.807) is 6.07 Å². The summed E-state index contributed by atoms with van der Waals surface area (Å²) in [5.41, 5.74) is 1.02. The Bertz CT molecular complexity index is 524. The van der Waals surface area contributed by atoms with Crippen LogP contribution in [0.4, 0.5) is 0 Å². The van der Waals surface area contributed by atoms with E-state index in [0.29, 0.717) is 18.1 Å². The smallest absolute Gasteiger partial charge is 0.306 e. The van der Waals surface area contributed by atoms with Crippen molar-refractivity contribution in [2.45, 2.75) is 31.6 Å². The molecule has 1 aliphatic heterocycles. The van der Waals surface area contributed by atoms with E-state index in [1.165, 1.54) is 14.2 Å². The summed E-state index contributed by atoms with van der Waals surface area (Å²) in [6, 6.07) is 5.34. The van der Waals surface area contributed by atoms with Crippen LogP contribution in [0.2, 0.25) is 0 Å². The highest BCUT2D eigenvalue weighted by Gasteiger charge is 2.24. The Hall–Kier alpha value is -1.75. The molecule has 1 heterocycles. The van der Waals surface area contributed by atoms with Crippen molar-refractivity contribution in [2.75, 3.05) is 34.4 Å². The predicted octanol–water partition coefficient (Wildman–Crippen LogP) is 2.78. The molecule has 1 atom stereocenters. The Balaban J connectivity index is 2.14. The number of benzene rings is 1. The van der Waals surface area contributed by atoms with Crippen molar-refractivity contribution >= 4 is 5.97 Å². The average molecular weight is 321 g/mol. The predicted molar refractivity (Wildman–Crippen MR) is 88.9 cm³/mol. The van der Waals surface area contributed by atoms with E-state index in [4.69, 9.17) is 9.47 Å². The number of hydrogen-bond acceptors (Lipinski definition) is 5. The summed E-state index contributed by atoms with van der Waals surface area (Å²) in [5, 5.41) is 9.77. The van der Waals surface area contributed by atoms with Gasteiger partial charge in [0.25, 0.3) is 0 Å². The highest BCUT2D eigenvalue weighted by atomic mass is 16.5. The Morgan fingerprint density at radius 3 is 2.65 bits per heavy atom. The molecule has 1 fully saturated rings. The molecular formula is C18H27NO4. The topological polar surface area (TPSA) is 59.0 Å². The first-order valence-corrected chi connectivity index (χ1v) is 8.15. The summed E-state index contributed by atoms with van der Waals surface area (Å²) in [6.45, 7) is 2.21. The molecule has 0 amide bonds. The zero-order chi connectivity index (χ0) is 16.8. The Morgan fingerprint density at radius 2 is 2.04 bits per heavy atom. The summed E-state index contributed by atoms with van der Waals surface area (Å²) in [5.74, 6) is 1.06. The van der Waals surface area contributed by atoms with Crippen LogP contribution in [0.3, 0.4) is 0 Å². The summed E-state index contributed by atoms with van der Waals surface area (Å²) in [6.07, 6.45) is 3.63. The summed E-state index contributed by atoms with van der Waals surface area (Å²) >= 11 is 0. The average Bonchev–Trinajstić information content (AvgIpc) is 2.56. The van der Waals surface area contributed by atoms with Crippen molar-refractivity contribution in [1.29, 1.82) is 0 Å². The third kappa shape index (κ3) is 4.86. The largest absolute Gasteiger partial charge is 0.504 e. The van der Waals surface area contributed by atoms with Crippen LogP contribution in [0.15, 0.2) is 18.2 Å². The van der Waals surface area contributed by atoms with E-state index in [0.717, 1.165) is 37.9 Å². The summed E-state index contributed by atoms with van der Waals surface area (Å²) < 4.78 is 10.1. The van der Waals surface area contributed by atoms with Crippen molar-refractivity contribution in [1.82, 2.24) is 4.90 Å². The third-order valence-corrected chi connectivity index (χ3v) is 4.77. The van der Waals surface area contributed by atoms with Crippen LogP contribution in [0.1, 0.15) is 37.2 Å². The molecule has 0 spiro atoms. The fourth-order valence-corrected chi connectivity index (χ4v) is 3.27. The lowest BCUT2D eigenvalue weighted by Crippen LogP contribution is -2.31. The molecule has 5 nitrogen and oxygen atoms in total. The Kier molecular flexibility index (Phi) is 6.28. The lowest BCUT2D eigenvalue weighted by Gasteiger charge is -2.31. The molecule has 1 aliphatic rings. The van der Waals surface area contributed by atoms with Gasteiger partial charge in [0.05, 0.1) is 20.6 Å². The van der Waals surface area contributed by atoms with Gasteiger partial charge in [-0.3, -0.25) is 4.79 Å². The van der Waals surface area contributed by atoms with E-state index in [1.807, 2.05) is 12.1 Å². The molecule has 23 heavy (non-hydrogen) atoms. The van der Waals surface area contributed by atoms with Gasteiger partial charge in [0.15, 0.2) is 11.5 Å². The van der Waals surface area contributed by atoms with Crippen LogP contribution in [0.5, 0.6) is 11.5 Å². The molecule has 0 saturated carbocycles. The number of esters is 1. The zero-order valence-corrected chi connectivity index (χ0v) is 14.2. The lowest BCUT2D eigenvalue weighted by atomic mass is 9.82. The molecular weight excluding hydrogens is 294 g/mol. The number of methoxy groups -OCH3 is 2. The number of phenols is 1. The molecule has 2 rings (SSSR count). The molecule has 1 unspecified atom stereocenters. The van der Waals surface area contributed by atoms with Gasteiger partial charge in [0, 0.05) is 0 Å². The summed E-state index contributed by atoms with van der Waals surface area (Å²) in [7, 11) is 5.10. The molecule has 1 N–H and O–H groups in total. The van der Waals surface area contributed by atoms with Gasteiger partial charge in [-0.2, -0.15) is 0 Å². The second-order valence-electron chi connectivity index (χ2n) is 6.39. The van der Waals surface area contributed by atoms with Gasteiger partial charge in [0.2, 0.25) is 0 Å². The maximum Gasteiger partial charge on any atom is 0.306 e. The van der Waals surface area contributed by atoms with Crippen molar-refractivity contribution in [3.8, 4) is 11.5 Å². The standard InChI is InChI=1S/C18H27NO4/c1-19-8-6-13(7-9-19)10-15(12-18(21)23-3)14-4-5-16(20)17(11-14)22-2/h4-5,11,13,15,20H,6-10,12H2,1-3H3. The quantitative estimate of drug-likeness (QED) is 0.817.